The molecule has 0 fully saturated rings. The van der Waals surface area contributed by atoms with Crippen molar-refractivity contribution in [2.45, 2.75) is 39.5 Å². The summed E-state index contributed by atoms with van der Waals surface area (Å²) in [6.45, 7) is 6.68. The maximum atomic E-state index is 11.9. The Morgan fingerprint density at radius 3 is 2.32 bits per heavy atom. The van der Waals surface area contributed by atoms with Gasteiger partial charge in [-0.1, -0.05) is 24.3 Å². The number of hydrogen-bond acceptors (Lipinski definition) is 3. The highest BCUT2D eigenvalue weighted by Crippen LogP contribution is 2.12. The lowest BCUT2D eigenvalue weighted by molar-refractivity contribution is 0.0285. The number of guanidine groups is 1. The van der Waals surface area contributed by atoms with Gasteiger partial charge in [0.2, 0.25) is 0 Å². The molecule has 0 heterocycles. The molecule has 0 atom stereocenters. The van der Waals surface area contributed by atoms with Gasteiger partial charge in [-0.3, -0.25) is 4.99 Å². The highest BCUT2D eigenvalue weighted by Gasteiger charge is 2.19. The van der Waals surface area contributed by atoms with E-state index < -0.39 is 5.60 Å². The summed E-state index contributed by atoms with van der Waals surface area (Å²) in [6, 6.07) is 7.96. The number of benzene rings is 1. The Labute approximate surface area is 132 Å². The van der Waals surface area contributed by atoms with Crippen LogP contribution in [0.3, 0.4) is 0 Å². The number of nitrogens with zero attached hydrogens (tertiary/aromatic N) is 2. The van der Waals surface area contributed by atoms with Gasteiger partial charge in [-0.2, -0.15) is 0 Å². The van der Waals surface area contributed by atoms with E-state index in [4.69, 9.17) is 10.5 Å². The molecule has 22 heavy (non-hydrogen) atoms. The molecular formula is C16H26N4O2. The first kappa shape index (κ1) is 17.8. The topological polar surface area (TPSA) is 80.0 Å². The van der Waals surface area contributed by atoms with E-state index in [0.29, 0.717) is 19.0 Å². The van der Waals surface area contributed by atoms with Crippen LogP contribution in [0.15, 0.2) is 29.3 Å². The van der Waals surface area contributed by atoms with Gasteiger partial charge in [0.05, 0.1) is 0 Å². The Balaban J connectivity index is 2.55. The van der Waals surface area contributed by atoms with Gasteiger partial charge in [-0.15, -0.1) is 0 Å². The smallest absolute Gasteiger partial charge is 0.410 e. The zero-order valence-corrected chi connectivity index (χ0v) is 14.0. The molecule has 3 N–H and O–H groups in total. The monoisotopic (exact) mass is 306 g/mol. The van der Waals surface area contributed by atoms with E-state index >= 15 is 0 Å². The predicted octanol–water partition coefficient (Wildman–Crippen LogP) is 2.09. The van der Waals surface area contributed by atoms with Gasteiger partial charge in [-0.05, 0) is 31.9 Å². The first-order valence-corrected chi connectivity index (χ1v) is 7.19. The van der Waals surface area contributed by atoms with Crippen LogP contribution in [0, 0.1) is 0 Å². The molecule has 1 amide bonds. The molecule has 1 aromatic rings. The van der Waals surface area contributed by atoms with Gasteiger partial charge in [0.25, 0.3) is 0 Å². The standard InChI is InChI=1S/C16H26N4O2/c1-16(2,3)22-15(21)20(5)11-13-8-6-12(7-9-13)10-19-14(17)18-4/h6-9H,10-11H2,1-5H3,(H3,17,18,19). The molecule has 0 aliphatic heterocycles. The molecule has 6 heteroatoms. The molecule has 122 valence electrons. The number of hydrogen-bond donors (Lipinski definition) is 2. The van der Waals surface area contributed by atoms with E-state index in [1.54, 1.807) is 19.0 Å². The van der Waals surface area contributed by atoms with Gasteiger partial charge in [0.1, 0.15) is 5.60 Å². The number of amides is 1. The van der Waals surface area contributed by atoms with E-state index in [1.165, 1.54) is 0 Å². The summed E-state index contributed by atoms with van der Waals surface area (Å²) in [5, 5.41) is 3.00. The summed E-state index contributed by atoms with van der Waals surface area (Å²) in [5.74, 6) is 0.411. The van der Waals surface area contributed by atoms with Gasteiger partial charge >= 0.3 is 6.09 Å². The second-order valence-electron chi connectivity index (χ2n) is 6.12. The van der Waals surface area contributed by atoms with Crippen molar-refractivity contribution in [1.82, 2.24) is 10.2 Å². The molecule has 0 saturated carbocycles. The van der Waals surface area contributed by atoms with Crippen LogP contribution in [0.4, 0.5) is 4.79 Å². The molecule has 0 bridgehead atoms. The number of rotatable bonds is 4. The second kappa shape index (κ2) is 7.68. The Hall–Kier alpha value is -2.24. The Morgan fingerprint density at radius 1 is 1.27 bits per heavy atom. The van der Waals surface area contributed by atoms with Crippen LogP contribution in [-0.4, -0.2) is 36.6 Å². The molecule has 0 radical (unpaired) electrons. The summed E-state index contributed by atoms with van der Waals surface area (Å²) in [7, 11) is 3.36. The molecule has 6 nitrogen and oxygen atoms in total. The highest BCUT2D eigenvalue weighted by molar-refractivity contribution is 5.77. The molecule has 0 aromatic heterocycles. The molecule has 0 saturated heterocycles. The van der Waals surface area contributed by atoms with Crippen molar-refractivity contribution in [3.63, 3.8) is 0 Å². The van der Waals surface area contributed by atoms with Crippen molar-refractivity contribution in [2.24, 2.45) is 10.7 Å². The zero-order chi connectivity index (χ0) is 16.8. The highest BCUT2D eigenvalue weighted by atomic mass is 16.6. The van der Waals surface area contributed by atoms with E-state index in [2.05, 4.69) is 10.3 Å². The number of ether oxygens (including phenoxy) is 1. The molecule has 1 rings (SSSR count). The first-order chi connectivity index (χ1) is 10.2. The lowest BCUT2D eigenvalue weighted by Crippen LogP contribution is -2.33. The van der Waals surface area contributed by atoms with Crippen LogP contribution in [0.5, 0.6) is 0 Å². The van der Waals surface area contributed by atoms with Gasteiger partial charge in [-0.25, -0.2) is 4.79 Å². The lowest BCUT2D eigenvalue weighted by atomic mass is 10.1. The summed E-state index contributed by atoms with van der Waals surface area (Å²) in [6.07, 6.45) is -0.329. The maximum Gasteiger partial charge on any atom is 0.410 e. The van der Waals surface area contributed by atoms with Crippen molar-refractivity contribution in [1.29, 1.82) is 0 Å². The normalized spacial score (nSPS) is 12.0. The van der Waals surface area contributed by atoms with Crippen LogP contribution in [0.1, 0.15) is 31.9 Å². The third kappa shape index (κ3) is 6.47. The van der Waals surface area contributed by atoms with Crippen LogP contribution in [0.25, 0.3) is 0 Å². The van der Waals surface area contributed by atoms with Crippen molar-refractivity contribution in [2.75, 3.05) is 14.1 Å². The summed E-state index contributed by atoms with van der Waals surface area (Å²) in [5.41, 5.74) is 7.23. The third-order valence-corrected chi connectivity index (χ3v) is 2.86. The number of aliphatic imine (C=N–C) groups is 1. The average molecular weight is 306 g/mol. The fourth-order valence-corrected chi connectivity index (χ4v) is 1.71. The van der Waals surface area contributed by atoms with E-state index in [1.807, 2.05) is 45.0 Å². The van der Waals surface area contributed by atoms with E-state index in [-0.39, 0.29) is 6.09 Å². The number of nitrogens with one attached hydrogen (secondary N) is 1. The Bertz CT molecular complexity index is 518. The predicted molar refractivity (Wildman–Crippen MR) is 88.5 cm³/mol. The summed E-state index contributed by atoms with van der Waals surface area (Å²) < 4.78 is 5.32. The first-order valence-electron chi connectivity index (χ1n) is 7.19. The van der Waals surface area contributed by atoms with Crippen LogP contribution >= 0.6 is 0 Å². The minimum absolute atomic E-state index is 0.329. The minimum atomic E-state index is -0.484. The third-order valence-electron chi connectivity index (χ3n) is 2.86. The lowest BCUT2D eigenvalue weighted by Gasteiger charge is -2.24. The molecule has 0 unspecified atom stereocenters. The largest absolute Gasteiger partial charge is 0.444 e. The van der Waals surface area contributed by atoms with E-state index in [0.717, 1.165) is 11.1 Å². The van der Waals surface area contributed by atoms with Gasteiger partial charge < -0.3 is 20.7 Å². The van der Waals surface area contributed by atoms with Crippen molar-refractivity contribution < 1.29 is 9.53 Å². The fourth-order valence-electron chi connectivity index (χ4n) is 1.71. The van der Waals surface area contributed by atoms with Crippen LogP contribution < -0.4 is 11.1 Å². The quantitative estimate of drug-likeness (QED) is 0.659. The van der Waals surface area contributed by atoms with Crippen LogP contribution in [-0.2, 0) is 17.8 Å². The summed E-state index contributed by atoms with van der Waals surface area (Å²) in [4.78, 5) is 17.3. The minimum Gasteiger partial charge on any atom is -0.444 e. The summed E-state index contributed by atoms with van der Waals surface area (Å²) >= 11 is 0. The number of carbonyl (C=O) groups is 1. The van der Waals surface area contributed by atoms with Crippen molar-refractivity contribution in [3.8, 4) is 0 Å². The van der Waals surface area contributed by atoms with Gasteiger partial charge in [0.15, 0.2) is 5.96 Å². The van der Waals surface area contributed by atoms with E-state index in [9.17, 15) is 4.79 Å². The molecule has 0 aliphatic carbocycles. The Morgan fingerprint density at radius 2 is 1.82 bits per heavy atom. The zero-order valence-electron chi connectivity index (χ0n) is 14.0. The van der Waals surface area contributed by atoms with Crippen molar-refractivity contribution in [3.05, 3.63) is 35.4 Å². The van der Waals surface area contributed by atoms with Crippen molar-refractivity contribution >= 4 is 12.1 Å². The molecule has 0 spiro atoms. The average Bonchev–Trinajstić information content (AvgIpc) is 2.44. The number of carbonyl (C=O) groups excluding carboxylic acids is 1. The molecule has 1 aromatic carbocycles. The maximum absolute atomic E-state index is 11.9. The fraction of sp³-hybridized carbons (Fsp3) is 0.500. The molecule has 0 aliphatic rings. The SMILES string of the molecule is CN=C(N)NCc1ccc(CN(C)C(=O)OC(C)(C)C)cc1. The number of nitrogens with two attached hydrogens (primary N) is 1. The Kier molecular flexibility index (Phi) is 6.22. The van der Waals surface area contributed by atoms with Gasteiger partial charge in [0, 0.05) is 27.2 Å². The second-order valence-corrected chi connectivity index (χ2v) is 6.12. The molecular weight excluding hydrogens is 280 g/mol. The van der Waals surface area contributed by atoms with Crippen LogP contribution in [0.2, 0.25) is 0 Å².